The Kier molecular flexibility index (Phi) is 4.87. The minimum Gasteiger partial charge on any atom is -0.362 e. The maximum Gasteiger partial charge on any atom is 0.312 e. The van der Waals surface area contributed by atoms with Crippen LogP contribution in [0.15, 0.2) is 12.3 Å². The Balaban J connectivity index is 2.12. The third-order valence-corrected chi connectivity index (χ3v) is 4.63. The van der Waals surface area contributed by atoms with Crippen molar-refractivity contribution in [1.82, 2.24) is 4.98 Å². The van der Waals surface area contributed by atoms with Gasteiger partial charge >= 0.3 is 5.69 Å². The van der Waals surface area contributed by atoms with Gasteiger partial charge < -0.3 is 5.32 Å². The van der Waals surface area contributed by atoms with Gasteiger partial charge in [-0.1, -0.05) is 18.0 Å². The van der Waals surface area contributed by atoms with Gasteiger partial charge in [0.15, 0.2) is 0 Å². The van der Waals surface area contributed by atoms with E-state index in [1.54, 1.807) is 0 Å². The molecule has 1 aromatic heterocycles. The van der Waals surface area contributed by atoms with Crippen LogP contribution in [0, 0.1) is 10.1 Å². The van der Waals surface area contributed by atoms with Gasteiger partial charge in [0, 0.05) is 23.6 Å². The van der Waals surface area contributed by atoms with Crippen molar-refractivity contribution in [1.29, 1.82) is 0 Å². The Morgan fingerprint density at radius 2 is 2.37 bits per heavy atom. The molecule has 19 heavy (non-hydrogen) atoms. The summed E-state index contributed by atoms with van der Waals surface area (Å²) in [6.07, 6.45) is 7.95. The van der Waals surface area contributed by atoms with E-state index in [0.717, 1.165) is 19.3 Å². The van der Waals surface area contributed by atoms with Crippen LogP contribution in [0.5, 0.6) is 0 Å². The van der Waals surface area contributed by atoms with Gasteiger partial charge in [-0.3, -0.25) is 10.1 Å². The molecule has 5 nitrogen and oxygen atoms in total. The molecule has 1 N–H and O–H groups in total. The van der Waals surface area contributed by atoms with E-state index in [9.17, 15) is 10.1 Å². The lowest BCUT2D eigenvalue weighted by molar-refractivity contribution is -0.384. The van der Waals surface area contributed by atoms with Crippen molar-refractivity contribution in [3.63, 3.8) is 0 Å². The monoisotopic (exact) mass is 301 g/mol. The third kappa shape index (κ3) is 3.73. The number of pyridine rings is 1. The summed E-state index contributed by atoms with van der Waals surface area (Å²) >= 11 is 7.61. The molecule has 7 heteroatoms. The first kappa shape index (κ1) is 14.4. The Hall–Kier alpha value is -1.01. The lowest BCUT2D eigenvalue weighted by Gasteiger charge is -2.28. The predicted molar refractivity (Wildman–Crippen MR) is 79.1 cm³/mol. The molecule has 0 amide bonds. The van der Waals surface area contributed by atoms with E-state index in [4.69, 9.17) is 11.6 Å². The maximum atomic E-state index is 11.0. The maximum absolute atomic E-state index is 11.0. The number of halogens is 1. The molecule has 1 aliphatic rings. The van der Waals surface area contributed by atoms with E-state index in [2.05, 4.69) is 16.6 Å². The number of nitrogens with zero attached hydrogens (tertiary/aromatic N) is 2. The molecule has 0 radical (unpaired) electrons. The summed E-state index contributed by atoms with van der Waals surface area (Å²) in [7, 11) is 0. The fourth-order valence-electron chi connectivity index (χ4n) is 2.36. The molecule has 104 valence electrons. The fraction of sp³-hybridized carbons (Fsp3) is 0.583. The molecule has 1 aromatic rings. The van der Waals surface area contributed by atoms with Crippen molar-refractivity contribution in [3.05, 3.63) is 27.4 Å². The van der Waals surface area contributed by atoms with Crippen LogP contribution in [0.3, 0.4) is 0 Å². The number of nitro groups is 1. The standard InChI is InChI=1S/C12H16ClN3O2S/c1-19-10-4-2-3-9(6-10)15-12-11(16(17)18)5-8(13)7-14-12/h5,7,9-10H,2-4,6H2,1H3,(H,14,15). The summed E-state index contributed by atoms with van der Waals surface area (Å²) in [5.41, 5.74) is -0.0567. The Labute approximate surface area is 121 Å². The molecule has 1 aliphatic carbocycles. The fourth-order valence-corrected chi connectivity index (χ4v) is 3.34. The molecule has 1 saturated carbocycles. The zero-order valence-corrected chi connectivity index (χ0v) is 12.2. The quantitative estimate of drug-likeness (QED) is 0.678. The van der Waals surface area contributed by atoms with Crippen molar-refractivity contribution in [2.24, 2.45) is 0 Å². The predicted octanol–water partition coefficient (Wildman–Crippen LogP) is 3.73. The largest absolute Gasteiger partial charge is 0.362 e. The normalized spacial score (nSPS) is 23.1. The molecular weight excluding hydrogens is 286 g/mol. The van der Waals surface area contributed by atoms with E-state index < -0.39 is 4.92 Å². The molecule has 1 heterocycles. The highest BCUT2D eigenvalue weighted by molar-refractivity contribution is 7.99. The van der Waals surface area contributed by atoms with E-state index in [0.29, 0.717) is 11.1 Å². The number of aromatic nitrogens is 1. The average molecular weight is 302 g/mol. The molecule has 2 rings (SSSR count). The number of hydrogen-bond acceptors (Lipinski definition) is 5. The number of hydrogen-bond donors (Lipinski definition) is 1. The lowest BCUT2D eigenvalue weighted by Crippen LogP contribution is -2.29. The molecular formula is C12H16ClN3O2S. The SMILES string of the molecule is CSC1CCCC(Nc2ncc(Cl)cc2[N+](=O)[O-])C1. The highest BCUT2D eigenvalue weighted by atomic mass is 35.5. The van der Waals surface area contributed by atoms with Crippen molar-refractivity contribution in [3.8, 4) is 0 Å². The molecule has 1 fully saturated rings. The molecule has 2 atom stereocenters. The zero-order chi connectivity index (χ0) is 13.8. The van der Waals surface area contributed by atoms with Crippen molar-refractivity contribution in [2.75, 3.05) is 11.6 Å². The van der Waals surface area contributed by atoms with Gasteiger partial charge in [-0.05, 0) is 25.5 Å². The summed E-state index contributed by atoms with van der Waals surface area (Å²) in [6, 6.07) is 1.59. The van der Waals surface area contributed by atoms with E-state index in [-0.39, 0.29) is 16.8 Å². The van der Waals surface area contributed by atoms with Crippen LogP contribution in [-0.4, -0.2) is 27.5 Å². The Morgan fingerprint density at radius 3 is 3.05 bits per heavy atom. The van der Waals surface area contributed by atoms with Crippen LogP contribution < -0.4 is 5.32 Å². The molecule has 0 aliphatic heterocycles. The second-order valence-corrected chi connectivity index (χ2v) is 6.22. The van der Waals surface area contributed by atoms with Crippen LogP contribution >= 0.6 is 23.4 Å². The summed E-state index contributed by atoms with van der Waals surface area (Å²) in [5, 5.41) is 15.1. The topological polar surface area (TPSA) is 68.1 Å². The summed E-state index contributed by atoms with van der Waals surface area (Å²) in [4.78, 5) is 14.6. The first-order valence-corrected chi connectivity index (χ1v) is 7.86. The Morgan fingerprint density at radius 1 is 1.58 bits per heavy atom. The second-order valence-electron chi connectivity index (χ2n) is 4.64. The number of thioether (sulfide) groups is 1. The summed E-state index contributed by atoms with van der Waals surface area (Å²) in [6.45, 7) is 0. The number of anilines is 1. The number of rotatable bonds is 4. The van der Waals surface area contributed by atoms with Gasteiger partial charge in [0.1, 0.15) is 0 Å². The molecule has 0 spiro atoms. The minimum absolute atomic E-state index is 0.0567. The van der Waals surface area contributed by atoms with Crippen LogP contribution in [-0.2, 0) is 0 Å². The Bertz CT molecular complexity index is 472. The highest BCUT2D eigenvalue weighted by Crippen LogP contribution is 2.31. The highest BCUT2D eigenvalue weighted by Gasteiger charge is 2.24. The third-order valence-electron chi connectivity index (χ3n) is 3.33. The zero-order valence-electron chi connectivity index (χ0n) is 10.6. The minimum atomic E-state index is -0.448. The summed E-state index contributed by atoms with van der Waals surface area (Å²) in [5.74, 6) is 0.321. The van der Waals surface area contributed by atoms with Gasteiger partial charge in [0.25, 0.3) is 0 Å². The van der Waals surface area contributed by atoms with Gasteiger partial charge in [-0.2, -0.15) is 11.8 Å². The molecule has 0 bridgehead atoms. The van der Waals surface area contributed by atoms with Gasteiger partial charge in [0.05, 0.1) is 9.95 Å². The molecule has 0 aromatic carbocycles. The van der Waals surface area contributed by atoms with E-state index in [1.807, 2.05) is 11.8 Å². The van der Waals surface area contributed by atoms with Crippen molar-refractivity contribution in [2.45, 2.75) is 37.0 Å². The van der Waals surface area contributed by atoms with Crippen LogP contribution in [0.25, 0.3) is 0 Å². The van der Waals surface area contributed by atoms with E-state index >= 15 is 0 Å². The van der Waals surface area contributed by atoms with E-state index in [1.165, 1.54) is 18.7 Å². The van der Waals surface area contributed by atoms with Gasteiger partial charge in [0.2, 0.25) is 5.82 Å². The summed E-state index contributed by atoms with van der Waals surface area (Å²) < 4.78 is 0. The van der Waals surface area contributed by atoms with Crippen molar-refractivity contribution < 1.29 is 4.92 Å². The first-order valence-electron chi connectivity index (χ1n) is 6.19. The van der Waals surface area contributed by atoms with Crippen molar-refractivity contribution >= 4 is 34.9 Å². The van der Waals surface area contributed by atoms with Gasteiger partial charge in [-0.25, -0.2) is 4.98 Å². The smallest absolute Gasteiger partial charge is 0.312 e. The number of nitrogens with one attached hydrogen (secondary N) is 1. The van der Waals surface area contributed by atoms with Gasteiger partial charge in [-0.15, -0.1) is 0 Å². The molecule has 2 unspecified atom stereocenters. The first-order chi connectivity index (χ1) is 9.10. The van der Waals surface area contributed by atoms with Crippen LogP contribution in [0.4, 0.5) is 11.5 Å². The molecule has 0 saturated heterocycles. The average Bonchev–Trinajstić information content (AvgIpc) is 2.41. The van der Waals surface area contributed by atoms with Crippen LogP contribution in [0.2, 0.25) is 5.02 Å². The lowest BCUT2D eigenvalue weighted by atomic mass is 9.95. The second kappa shape index (κ2) is 6.43. The van der Waals surface area contributed by atoms with Crippen LogP contribution in [0.1, 0.15) is 25.7 Å².